The highest BCUT2D eigenvalue weighted by molar-refractivity contribution is 6.31. The van der Waals surface area contributed by atoms with E-state index in [0.717, 1.165) is 46.8 Å². The van der Waals surface area contributed by atoms with Crippen LogP contribution < -0.4 is 10.5 Å². The summed E-state index contributed by atoms with van der Waals surface area (Å²) in [5.41, 5.74) is 5.05. The highest BCUT2D eigenvalue weighted by atomic mass is 35.5. The molecule has 0 radical (unpaired) electrons. The van der Waals surface area contributed by atoms with E-state index in [9.17, 15) is 4.79 Å². The Kier molecular flexibility index (Phi) is 4.55. The van der Waals surface area contributed by atoms with Crippen molar-refractivity contribution in [1.29, 1.82) is 0 Å². The van der Waals surface area contributed by atoms with Gasteiger partial charge < -0.3 is 9.88 Å². The van der Waals surface area contributed by atoms with Gasteiger partial charge in [-0.05, 0) is 36.6 Å². The molecule has 0 bridgehead atoms. The van der Waals surface area contributed by atoms with E-state index >= 15 is 0 Å². The maximum absolute atomic E-state index is 13.0. The van der Waals surface area contributed by atoms with E-state index in [1.165, 1.54) is 0 Å². The molecule has 0 fully saturated rings. The summed E-state index contributed by atoms with van der Waals surface area (Å²) in [5, 5.41) is 1.62. The van der Waals surface area contributed by atoms with Gasteiger partial charge in [0.1, 0.15) is 5.65 Å². The summed E-state index contributed by atoms with van der Waals surface area (Å²) in [7, 11) is 1.96. The average molecular weight is 421 g/mol. The summed E-state index contributed by atoms with van der Waals surface area (Å²) in [6, 6.07) is 5.86. The standard InChI is InChI=1S/C22H21ClN6O/c1-13-14(8-15-10-24-20-17(15)9-16(23)11-25-20)4-5-19(27-13)18-12-26-22-28(2)6-3-7-29(22)21(18)30/h4-5,9-12H,3,6-8H2,1-2H3,(H,24,25). The van der Waals surface area contributed by atoms with Crippen molar-refractivity contribution in [2.24, 2.45) is 0 Å². The minimum absolute atomic E-state index is 0.0384. The number of nitrogens with zero attached hydrogens (tertiary/aromatic N) is 5. The third-order valence-electron chi connectivity index (χ3n) is 5.68. The molecule has 0 aliphatic carbocycles. The van der Waals surface area contributed by atoms with Gasteiger partial charge in [-0.2, -0.15) is 0 Å². The van der Waals surface area contributed by atoms with Crippen molar-refractivity contribution < 1.29 is 0 Å². The lowest BCUT2D eigenvalue weighted by Gasteiger charge is -2.27. The fourth-order valence-electron chi connectivity index (χ4n) is 4.04. The number of hydrogen-bond donors (Lipinski definition) is 1. The molecule has 5 rings (SSSR count). The maximum Gasteiger partial charge on any atom is 0.264 e. The van der Waals surface area contributed by atoms with Crippen molar-refractivity contribution in [3.8, 4) is 11.3 Å². The Morgan fingerprint density at radius 2 is 2.03 bits per heavy atom. The lowest BCUT2D eigenvalue weighted by Crippen LogP contribution is -2.36. The number of halogens is 1. The number of H-pyrrole nitrogens is 1. The van der Waals surface area contributed by atoms with Gasteiger partial charge in [0.2, 0.25) is 5.95 Å². The molecule has 1 aliphatic heterocycles. The first-order valence-electron chi connectivity index (χ1n) is 9.90. The Bertz CT molecular complexity index is 1330. The Labute approximate surface area is 178 Å². The molecule has 8 heteroatoms. The van der Waals surface area contributed by atoms with E-state index in [0.29, 0.717) is 29.2 Å². The molecule has 0 saturated carbocycles. The number of nitrogens with one attached hydrogen (secondary N) is 1. The Morgan fingerprint density at radius 1 is 1.17 bits per heavy atom. The van der Waals surface area contributed by atoms with E-state index in [2.05, 4.69) is 15.0 Å². The molecular formula is C22H21ClN6O. The van der Waals surface area contributed by atoms with Crippen molar-refractivity contribution in [3.05, 3.63) is 69.0 Å². The number of hydrogen-bond acceptors (Lipinski definition) is 5. The maximum atomic E-state index is 13.0. The van der Waals surface area contributed by atoms with E-state index in [-0.39, 0.29) is 5.56 Å². The van der Waals surface area contributed by atoms with E-state index in [4.69, 9.17) is 16.6 Å². The molecule has 4 aromatic rings. The van der Waals surface area contributed by atoms with Crippen molar-refractivity contribution in [2.75, 3.05) is 18.5 Å². The van der Waals surface area contributed by atoms with Crippen LogP contribution in [0.5, 0.6) is 0 Å². The zero-order valence-corrected chi connectivity index (χ0v) is 17.6. The number of aromatic amines is 1. The second-order valence-corrected chi connectivity index (χ2v) is 8.12. The lowest BCUT2D eigenvalue weighted by atomic mass is 10.0. The smallest absolute Gasteiger partial charge is 0.264 e. The molecule has 7 nitrogen and oxygen atoms in total. The van der Waals surface area contributed by atoms with Gasteiger partial charge in [0.05, 0.1) is 16.3 Å². The van der Waals surface area contributed by atoms with Crippen LogP contribution in [-0.4, -0.2) is 38.1 Å². The quantitative estimate of drug-likeness (QED) is 0.548. The Hall–Kier alpha value is -3.19. The second-order valence-electron chi connectivity index (χ2n) is 7.69. The number of aromatic nitrogens is 5. The predicted octanol–water partition coefficient (Wildman–Crippen LogP) is 3.57. The van der Waals surface area contributed by atoms with Gasteiger partial charge in [-0.25, -0.2) is 9.97 Å². The number of aryl methyl sites for hydroxylation is 1. The topological polar surface area (TPSA) is 79.7 Å². The molecule has 1 N–H and O–H groups in total. The minimum Gasteiger partial charge on any atom is -0.346 e. The highest BCUT2D eigenvalue weighted by Crippen LogP contribution is 2.25. The van der Waals surface area contributed by atoms with E-state index < -0.39 is 0 Å². The van der Waals surface area contributed by atoms with Crippen LogP contribution in [-0.2, 0) is 13.0 Å². The van der Waals surface area contributed by atoms with Gasteiger partial charge >= 0.3 is 0 Å². The predicted molar refractivity (Wildman–Crippen MR) is 118 cm³/mol. The molecule has 0 spiro atoms. The number of rotatable bonds is 3. The summed E-state index contributed by atoms with van der Waals surface area (Å²) in [5.74, 6) is 0.718. The molecule has 30 heavy (non-hydrogen) atoms. The molecule has 0 saturated heterocycles. The number of pyridine rings is 2. The normalized spacial score (nSPS) is 13.6. The molecule has 0 amide bonds. The monoisotopic (exact) mass is 420 g/mol. The van der Waals surface area contributed by atoms with Crippen molar-refractivity contribution in [1.82, 2.24) is 24.5 Å². The summed E-state index contributed by atoms with van der Waals surface area (Å²) in [6.45, 7) is 3.57. The van der Waals surface area contributed by atoms with Gasteiger partial charge in [-0.1, -0.05) is 17.7 Å². The Morgan fingerprint density at radius 3 is 2.87 bits per heavy atom. The van der Waals surface area contributed by atoms with E-state index in [1.807, 2.05) is 43.3 Å². The fraction of sp³-hybridized carbons (Fsp3) is 0.273. The summed E-state index contributed by atoms with van der Waals surface area (Å²) in [6.07, 6.45) is 6.87. The zero-order chi connectivity index (χ0) is 20.8. The fourth-order valence-corrected chi connectivity index (χ4v) is 4.20. The van der Waals surface area contributed by atoms with Gasteiger partial charge in [-0.3, -0.25) is 14.3 Å². The molecule has 0 aromatic carbocycles. The molecule has 152 valence electrons. The van der Waals surface area contributed by atoms with Crippen LogP contribution in [0.1, 0.15) is 23.2 Å². The summed E-state index contributed by atoms with van der Waals surface area (Å²) >= 11 is 6.12. The summed E-state index contributed by atoms with van der Waals surface area (Å²) < 4.78 is 1.74. The lowest BCUT2D eigenvalue weighted by molar-refractivity contribution is 0.553. The number of fused-ring (bicyclic) bond motifs is 2. The van der Waals surface area contributed by atoms with Crippen LogP contribution in [0.2, 0.25) is 5.02 Å². The minimum atomic E-state index is -0.0384. The second kappa shape index (κ2) is 7.25. The first-order chi connectivity index (χ1) is 14.5. The third-order valence-corrected chi connectivity index (χ3v) is 5.88. The van der Waals surface area contributed by atoms with Crippen LogP contribution in [0.3, 0.4) is 0 Å². The molecule has 0 unspecified atom stereocenters. The van der Waals surface area contributed by atoms with Crippen LogP contribution in [0.4, 0.5) is 5.95 Å². The van der Waals surface area contributed by atoms with Crippen LogP contribution in [0, 0.1) is 6.92 Å². The van der Waals surface area contributed by atoms with Gasteiger partial charge in [-0.15, -0.1) is 0 Å². The highest BCUT2D eigenvalue weighted by Gasteiger charge is 2.19. The van der Waals surface area contributed by atoms with Gasteiger partial charge in [0.25, 0.3) is 5.56 Å². The first-order valence-corrected chi connectivity index (χ1v) is 10.3. The summed E-state index contributed by atoms with van der Waals surface area (Å²) in [4.78, 5) is 31.8. The van der Waals surface area contributed by atoms with Crippen molar-refractivity contribution >= 4 is 28.6 Å². The van der Waals surface area contributed by atoms with Crippen LogP contribution in [0.15, 0.2) is 41.6 Å². The zero-order valence-electron chi connectivity index (χ0n) is 16.8. The molecular weight excluding hydrogens is 400 g/mol. The van der Waals surface area contributed by atoms with E-state index in [1.54, 1.807) is 17.0 Å². The average Bonchev–Trinajstić information content (AvgIpc) is 3.12. The number of anilines is 1. The molecule has 4 aromatic heterocycles. The van der Waals surface area contributed by atoms with Gasteiger partial charge in [0, 0.05) is 56.2 Å². The molecule has 0 atom stereocenters. The van der Waals surface area contributed by atoms with Crippen LogP contribution in [0.25, 0.3) is 22.3 Å². The Balaban J connectivity index is 1.49. The first kappa shape index (κ1) is 18.8. The van der Waals surface area contributed by atoms with Crippen molar-refractivity contribution in [3.63, 3.8) is 0 Å². The molecule has 1 aliphatic rings. The third kappa shape index (κ3) is 3.15. The SMILES string of the molecule is Cc1nc(-c2cnc3n(c2=O)CCCN3C)ccc1Cc1c[nH]c2ncc(Cl)cc12. The largest absolute Gasteiger partial charge is 0.346 e. The van der Waals surface area contributed by atoms with Crippen molar-refractivity contribution in [2.45, 2.75) is 26.3 Å². The van der Waals surface area contributed by atoms with Gasteiger partial charge in [0.15, 0.2) is 0 Å². The van der Waals surface area contributed by atoms with Crippen LogP contribution >= 0.6 is 11.6 Å². The molecule has 5 heterocycles.